The van der Waals surface area contributed by atoms with Gasteiger partial charge >= 0.3 is 0 Å². The number of hydrogen-bond acceptors (Lipinski definition) is 0. The molecule has 0 amide bonds. The summed E-state index contributed by atoms with van der Waals surface area (Å²) >= 11 is 0. The highest BCUT2D eigenvalue weighted by Crippen LogP contribution is 2.34. The van der Waals surface area contributed by atoms with E-state index in [0.29, 0.717) is 0 Å². The van der Waals surface area contributed by atoms with E-state index in [4.69, 9.17) is 0 Å². The summed E-state index contributed by atoms with van der Waals surface area (Å²) < 4.78 is 2.90. The molecule has 0 saturated heterocycles. The Kier molecular flexibility index (Phi) is 24.9. The van der Waals surface area contributed by atoms with Crippen molar-refractivity contribution in [3.8, 4) is 0 Å². The largest absolute Gasteiger partial charge is 0.275 e. The Bertz CT molecular complexity index is 385. The molecule has 0 spiro atoms. The number of hydrogen-bond donors (Lipinski definition) is 0. The molecular weight excluding hydrogens is 448 g/mol. The van der Waals surface area contributed by atoms with Gasteiger partial charge in [-0.05, 0) is 44.9 Å². The third kappa shape index (κ3) is 15.3. The van der Waals surface area contributed by atoms with E-state index in [1.54, 1.807) is 0 Å². The fourth-order valence-electron chi connectivity index (χ4n) is 6.93. The van der Waals surface area contributed by atoms with Crippen LogP contribution in [0, 0.1) is 0 Å². The van der Waals surface area contributed by atoms with Gasteiger partial charge in [-0.3, -0.25) is 8.97 Å². The highest BCUT2D eigenvalue weighted by atomic mass is 15.6. The molecule has 0 radical (unpaired) electrons. The predicted octanol–water partition coefficient (Wildman–Crippen LogP) is 11.3. The van der Waals surface area contributed by atoms with Crippen molar-refractivity contribution < 1.29 is 8.97 Å². The van der Waals surface area contributed by atoms with Crippen molar-refractivity contribution in [1.82, 2.24) is 0 Å². The quantitative estimate of drug-likeness (QED) is 0.0518. The first-order valence-electron chi connectivity index (χ1n) is 17.8. The fraction of sp³-hybridized carbons (Fsp3) is 1.00. The second-order valence-corrected chi connectivity index (χ2v) is 12.6. The predicted molar refractivity (Wildman–Crippen MR) is 170 cm³/mol. The smallest absolute Gasteiger partial charge is 0.216 e. The van der Waals surface area contributed by atoms with E-state index in [2.05, 4.69) is 48.5 Å². The Balaban J connectivity index is 6.22. The summed E-state index contributed by atoms with van der Waals surface area (Å²) in [6.07, 6.45) is 30.5. The molecule has 2 heteroatoms. The second kappa shape index (κ2) is 24.9. The molecular formula is C35H76N2+2. The van der Waals surface area contributed by atoms with Gasteiger partial charge in [-0.1, -0.05) is 132 Å². The Morgan fingerprint density at radius 3 is 0.811 bits per heavy atom. The van der Waals surface area contributed by atoms with Crippen LogP contribution in [0.25, 0.3) is 0 Å². The number of rotatable bonds is 29. The molecule has 0 bridgehead atoms. The van der Waals surface area contributed by atoms with E-state index < -0.39 is 0 Å². The molecule has 0 atom stereocenters. The first kappa shape index (κ1) is 36.9. The summed E-state index contributed by atoms with van der Waals surface area (Å²) in [5.41, 5.74) is 0. The van der Waals surface area contributed by atoms with Gasteiger partial charge in [0, 0.05) is 0 Å². The van der Waals surface area contributed by atoms with Crippen molar-refractivity contribution in [2.24, 2.45) is 0 Å². The molecule has 0 aromatic carbocycles. The second-order valence-electron chi connectivity index (χ2n) is 12.6. The van der Waals surface area contributed by atoms with Crippen LogP contribution in [0.15, 0.2) is 0 Å². The van der Waals surface area contributed by atoms with Crippen molar-refractivity contribution in [2.45, 2.75) is 189 Å². The third-order valence-electron chi connectivity index (χ3n) is 9.32. The Labute approximate surface area is 237 Å². The van der Waals surface area contributed by atoms with Crippen molar-refractivity contribution >= 4 is 0 Å². The van der Waals surface area contributed by atoms with Crippen molar-refractivity contribution in [3.05, 3.63) is 0 Å². The topological polar surface area (TPSA) is 0 Å². The lowest BCUT2D eigenvalue weighted by atomic mass is 9.99. The normalized spacial score (nSPS) is 12.6. The lowest BCUT2D eigenvalue weighted by molar-refractivity contribution is -1.13. The highest BCUT2D eigenvalue weighted by Gasteiger charge is 2.48. The zero-order valence-corrected chi connectivity index (χ0v) is 27.6. The summed E-state index contributed by atoms with van der Waals surface area (Å²) in [6.45, 7) is 25.5. The van der Waals surface area contributed by atoms with E-state index in [1.807, 2.05) is 0 Å². The van der Waals surface area contributed by atoms with Gasteiger partial charge in [-0.25, -0.2) is 0 Å². The van der Waals surface area contributed by atoms with Crippen LogP contribution in [0.2, 0.25) is 0 Å². The monoisotopic (exact) mass is 525 g/mol. The minimum Gasteiger partial charge on any atom is -0.275 e. The van der Waals surface area contributed by atoms with E-state index in [-0.39, 0.29) is 0 Å². The molecule has 0 aliphatic heterocycles. The molecule has 0 aliphatic carbocycles. The van der Waals surface area contributed by atoms with Gasteiger partial charge in [0.05, 0.1) is 45.7 Å². The summed E-state index contributed by atoms with van der Waals surface area (Å²) in [6, 6.07) is 0. The van der Waals surface area contributed by atoms with Gasteiger partial charge in [0.1, 0.15) is 0 Å². The molecule has 0 rings (SSSR count). The SMILES string of the molecule is CCCCCCCCCCC([N+](CCCC)(CCCC)CCCC)[N+](CCCC)(CCCC)CCCC. The van der Waals surface area contributed by atoms with Crippen molar-refractivity contribution in [2.75, 3.05) is 39.3 Å². The summed E-state index contributed by atoms with van der Waals surface area (Å²) in [5.74, 6) is 0. The van der Waals surface area contributed by atoms with Gasteiger partial charge in [0.25, 0.3) is 0 Å². The van der Waals surface area contributed by atoms with E-state index >= 15 is 0 Å². The van der Waals surface area contributed by atoms with E-state index in [1.165, 1.54) is 183 Å². The van der Waals surface area contributed by atoms with Crippen LogP contribution >= 0.6 is 0 Å². The zero-order valence-electron chi connectivity index (χ0n) is 27.6. The number of unbranched alkanes of at least 4 members (excludes halogenated alkanes) is 13. The lowest BCUT2D eigenvalue weighted by Crippen LogP contribution is -2.71. The Morgan fingerprint density at radius 1 is 0.297 bits per heavy atom. The minimum absolute atomic E-state index is 0.828. The summed E-state index contributed by atoms with van der Waals surface area (Å²) in [7, 11) is 0. The molecule has 0 aromatic rings. The Hall–Kier alpha value is -0.0800. The molecule has 224 valence electrons. The minimum atomic E-state index is 0.828. The van der Waals surface area contributed by atoms with Gasteiger partial charge < -0.3 is 0 Å². The van der Waals surface area contributed by atoms with E-state index in [0.717, 1.165) is 6.17 Å². The maximum atomic E-state index is 2.43. The third-order valence-corrected chi connectivity index (χ3v) is 9.32. The molecule has 0 aromatic heterocycles. The lowest BCUT2D eigenvalue weighted by Gasteiger charge is -2.55. The van der Waals surface area contributed by atoms with Crippen LogP contribution in [0.5, 0.6) is 0 Å². The van der Waals surface area contributed by atoms with Gasteiger partial charge in [-0.15, -0.1) is 0 Å². The first-order chi connectivity index (χ1) is 18.1. The molecule has 0 unspecified atom stereocenters. The Morgan fingerprint density at radius 2 is 0.541 bits per heavy atom. The van der Waals surface area contributed by atoms with Crippen LogP contribution in [0.3, 0.4) is 0 Å². The fourth-order valence-corrected chi connectivity index (χ4v) is 6.93. The molecule has 0 N–H and O–H groups in total. The summed E-state index contributed by atoms with van der Waals surface area (Å²) in [4.78, 5) is 0. The van der Waals surface area contributed by atoms with Crippen LogP contribution in [0.1, 0.15) is 183 Å². The molecule has 0 aliphatic rings. The maximum Gasteiger partial charge on any atom is 0.216 e. The van der Waals surface area contributed by atoms with Crippen LogP contribution in [-0.2, 0) is 0 Å². The van der Waals surface area contributed by atoms with Crippen molar-refractivity contribution in [3.63, 3.8) is 0 Å². The standard InChI is InChI=1S/C35H76N2/c1-8-15-22-23-24-25-26-27-28-35(36(29-16-9-2,30-17-10-3)31-18-11-4)37(32-19-12-5,33-20-13-6)34-21-14-7/h35H,8-34H2,1-7H3/q+2. The average molecular weight is 525 g/mol. The highest BCUT2D eigenvalue weighted by molar-refractivity contribution is 4.62. The molecule has 0 fully saturated rings. The molecule has 37 heavy (non-hydrogen) atoms. The number of quaternary nitrogens is 2. The molecule has 0 saturated carbocycles. The van der Waals surface area contributed by atoms with Crippen LogP contribution in [-0.4, -0.2) is 54.4 Å². The van der Waals surface area contributed by atoms with Crippen LogP contribution in [0.4, 0.5) is 0 Å². The average Bonchev–Trinajstić information content (AvgIpc) is 2.92. The van der Waals surface area contributed by atoms with Gasteiger partial charge in [0.15, 0.2) is 0 Å². The number of nitrogens with zero attached hydrogens (tertiary/aromatic N) is 2. The maximum absolute atomic E-state index is 2.43. The molecule has 0 heterocycles. The van der Waals surface area contributed by atoms with Crippen molar-refractivity contribution in [1.29, 1.82) is 0 Å². The summed E-state index contributed by atoms with van der Waals surface area (Å²) in [5, 5.41) is 0. The zero-order chi connectivity index (χ0) is 27.7. The molecule has 2 nitrogen and oxygen atoms in total. The van der Waals surface area contributed by atoms with Gasteiger partial charge in [0.2, 0.25) is 6.17 Å². The first-order valence-corrected chi connectivity index (χ1v) is 17.8. The van der Waals surface area contributed by atoms with Gasteiger partial charge in [-0.2, -0.15) is 0 Å². The van der Waals surface area contributed by atoms with E-state index in [9.17, 15) is 0 Å². The van der Waals surface area contributed by atoms with Crippen LogP contribution < -0.4 is 0 Å².